The van der Waals surface area contributed by atoms with E-state index in [4.69, 9.17) is 14.6 Å². The van der Waals surface area contributed by atoms with E-state index in [1.807, 2.05) is 19.1 Å². The highest BCUT2D eigenvalue weighted by molar-refractivity contribution is 7.91. The minimum Gasteiger partial charge on any atom is -0.495 e. The van der Waals surface area contributed by atoms with E-state index in [0.717, 1.165) is 57.8 Å². The Balaban J connectivity index is 1.62. The third-order valence-corrected chi connectivity index (χ3v) is 9.49. The van der Waals surface area contributed by atoms with Crippen LogP contribution in [0, 0.1) is 5.92 Å². The van der Waals surface area contributed by atoms with Crippen LogP contribution in [0.15, 0.2) is 47.4 Å². The van der Waals surface area contributed by atoms with E-state index < -0.39 is 9.84 Å². The maximum absolute atomic E-state index is 13.8. The normalized spacial score (nSPS) is 17.3. The lowest BCUT2D eigenvalue weighted by Gasteiger charge is -2.26. The molecule has 2 aromatic carbocycles. The van der Waals surface area contributed by atoms with Gasteiger partial charge in [-0.1, -0.05) is 51.0 Å². The number of carbonyl (C=O) groups excluding carboxylic acids is 1. The second kappa shape index (κ2) is 11.6. The molecule has 3 heterocycles. The smallest absolute Gasteiger partial charge is 0.187 e. The average molecular weight is 552 g/mol. The number of aromatic nitrogens is 2. The Hall–Kier alpha value is -3.01. The zero-order valence-corrected chi connectivity index (χ0v) is 23.8. The fourth-order valence-electron chi connectivity index (χ4n) is 5.62. The summed E-state index contributed by atoms with van der Waals surface area (Å²) in [5, 5.41) is 4.84. The van der Waals surface area contributed by atoms with E-state index in [-0.39, 0.29) is 28.0 Å². The third-order valence-electron chi connectivity index (χ3n) is 7.78. The first-order valence-corrected chi connectivity index (χ1v) is 15.5. The molecule has 5 rings (SSSR count). The Morgan fingerprint density at radius 2 is 1.85 bits per heavy atom. The van der Waals surface area contributed by atoms with Crippen molar-refractivity contribution in [2.24, 2.45) is 5.92 Å². The SMILES string of the molecule is CCCCC(CC)C(=O)c1nn(-c2ccc(CN3CCOCC3)cc2)c2c1CS(=O)(=O)c1c(OC)cccc1-2. The minimum atomic E-state index is -3.74. The maximum atomic E-state index is 13.8. The molecule has 0 N–H and O–H groups in total. The summed E-state index contributed by atoms with van der Waals surface area (Å²) in [5.74, 6) is -0.251. The lowest BCUT2D eigenvalue weighted by Crippen LogP contribution is -2.35. The Labute approximate surface area is 230 Å². The number of unbranched alkanes of at least 4 members (excludes halogenated alkanes) is 1. The number of morpholine rings is 1. The molecule has 1 saturated heterocycles. The molecule has 2 aliphatic rings. The first-order valence-electron chi connectivity index (χ1n) is 13.8. The lowest BCUT2D eigenvalue weighted by atomic mass is 9.91. The molecule has 0 spiro atoms. The van der Waals surface area contributed by atoms with E-state index in [9.17, 15) is 13.2 Å². The van der Waals surface area contributed by atoms with Gasteiger partial charge in [-0.15, -0.1) is 0 Å². The molecule has 1 atom stereocenters. The summed E-state index contributed by atoms with van der Waals surface area (Å²) in [6.07, 6.45) is 3.39. The van der Waals surface area contributed by atoms with Crippen molar-refractivity contribution < 1.29 is 22.7 Å². The molecule has 1 fully saturated rings. The van der Waals surface area contributed by atoms with Gasteiger partial charge in [0.05, 0.1) is 37.5 Å². The van der Waals surface area contributed by atoms with Crippen LogP contribution in [0.2, 0.25) is 0 Å². The quantitative estimate of drug-likeness (QED) is 0.325. The molecule has 39 heavy (non-hydrogen) atoms. The number of hydrogen-bond acceptors (Lipinski definition) is 7. The first kappa shape index (κ1) is 27.6. The summed E-state index contributed by atoms with van der Waals surface area (Å²) in [6.45, 7) is 8.25. The topological polar surface area (TPSA) is 90.7 Å². The van der Waals surface area contributed by atoms with Gasteiger partial charge in [0.2, 0.25) is 0 Å². The van der Waals surface area contributed by atoms with E-state index in [1.54, 1.807) is 22.9 Å². The monoisotopic (exact) mass is 551 g/mol. The summed E-state index contributed by atoms with van der Waals surface area (Å²) in [6, 6.07) is 13.4. The number of ether oxygens (including phenoxy) is 2. The average Bonchev–Trinajstić information content (AvgIpc) is 3.32. The molecule has 0 saturated carbocycles. The van der Waals surface area contributed by atoms with Crippen molar-refractivity contribution >= 4 is 15.6 Å². The lowest BCUT2D eigenvalue weighted by molar-refractivity contribution is 0.0342. The van der Waals surface area contributed by atoms with Crippen LogP contribution in [0.4, 0.5) is 0 Å². The second-order valence-electron chi connectivity index (χ2n) is 10.4. The second-order valence-corrected chi connectivity index (χ2v) is 12.3. The van der Waals surface area contributed by atoms with Crippen molar-refractivity contribution in [3.8, 4) is 22.7 Å². The summed E-state index contributed by atoms with van der Waals surface area (Å²) >= 11 is 0. The fourth-order valence-corrected chi connectivity index (χ4v) is 7.37. The number of rotatable bonds is 10. The number of Topliss-reactive ketones (excluding diaryl/α,β-unsaturated/α-hetero) is 1. The van der Waals surface area contributed by atoms with E-state index in [2.05, 4.69) is 24.0 Å². The van der Waals surface area contributed by atoms with Crippen molar-refractivity contribution in [3.63, 3.8) is 0 Å². The van der Waals surface area contributed by atoms with Crippen LogP contribution in [-0.2, 0) is 26.9 Å². The number of sulfone groups is 1. The Bertz CT molecular complexity index is 1440. The van der Waals surface area contributed by atoms with Crippen LogP contribution in [0.25, 0.3) is 16.9 Å². The molecule has 1 unspecified atom stereocenters. The van der Waals surface area contributed by atoms with Crippen molar-refractivity contribution in [1.29, 1.82) is 0 Å². The standard InChI is InChI=1S/C30H37N3O5S/c1-4-6-8-22(5-2)29(34)27-25-20-39(35,36)30-24(9-7-10-26(30)37-3)28(25)33(31-27)23-13-11-21(12-14-23)19-32-15-17-38-18-16-32/h7,9-14,22H,4-6,8,15-20H2,1-3H3. The molecule has 0 aliphatic carbocycles. The van der Waals surface area contributed by atoms with Crippen LogP contribution >= 0.6 is 0 Å². The molecule has 3 aromatic rings. The molecule has 8 nitrogen and oxygen atoms in total. The molecular formula is C30H37N3O5S. The number of fused-ring (bicyclic) bond motifs is 3. The number of nitrogens with zero attached hydrogens (tertiary/aromatic N) is 3. The summed E-state index contributed by atoms with van der Waals surface area (Å²) in [7, 11) is -2.27. The van der Waals surface area contributed by atoms with Gasteiger partial charge in [-0.05, 0) is 36.6 Å². The van der Waals surface area contributed by atoms with Gasteiger partial charge in [0, 0.05) is 36.7 Å². The van der Waals surface area contributed by atoms with Crippen LogP contribution < -0.4 is 4.74 Å². The molecule has 208 valence electrons. The Morgan fingerprint density at radius 3 is 2.51 bits per heavy atom. The molecule has 0 radical (unpaired) electrons. The van der Waals surface area contributed by atoms with Gasteiger partial charge in [-0.25, -0.2) is 13.1 Å². The van der Waals surface area contributed by atoms with Gasteiger partial charge < -0.3 is 9.47 Å². The summed E-state index contributed by atoms with van der Waals surface area (Å²) in [5.41, 5.74) is 3.86. The summed E-state index contributed by atoms with van der Waals surface area (Å²) < 4.78 is 39.8. The first-order chi connectivity index (χ1) is 18.9. The molecule has 1 aromatic heterocycles. The Kier molecular flexibility index (Phi) is 8.21. The van der Waals surface area contributed by atoms with Gasteiger partial charge in [-0.3, -0.25) is 9.69 Å². The predicted molar refractivity (Wildman–Crippen MR) is 150 cm³/mol. The molecular weight excluding hydrogens is 514 g/mol. The van der Waals surface area contributed by atoms with Gasteiger partial charge in [0.25, 0.3) is 0 Å². The van der Waals surface area contributed by atoms with Crippen molar-refractivity contribution in [2.45, 2.75) is 56.7 Å². The van der Waals surface area contributed by atoms with E-state index in [1.165, 1.54) is 12.7 Å². The maximum Gasteiger partial charge on any atom is 0.187 e. The third kappa shape index (κ3) is 5.40. The fraction of sp³-hybridized carbons (Fsp3) is 0.467. The highest BCUT2D eigenvalue weighted by Crippen LogP contribution is 2.45. The van der Waals surface area contributed by atoms with Crippen LogP contribution in [0.5, 0.6) is 5.75 Å². The Morgan fingerprint density at radius 1 is 1.10 bits per heavy atom. The molecule has 0 bridgehead atoms. The van der Waals surface area contributed by atoms with E-state index >= 15 is 0 Å². The van der Waals surface area contributed by atoms with Crippen LogP contribution in [-0.4, -0.2) is 62.3 Å². The summed E-state index contributed by atoms with van der Waals surface area (Å²) in [4.78, 5) is 16.3. The molecule has 0 amide bonds. The van der Waals surface area contributed by atoms with Crippen molar-refractivity contribution in [1.82, 2.24) is 14.7 Å². The molecule has 9 heteroatoms. The number of ketones is 1. The van der Waals surface area contributed by atoms with Gasteiger partial charge in [-0.2, -0.15) is 5.10 Å². The van der Waals surface area contributed by atoms with Crippen LogP contribution in [0.3, 0.4) is 0 Å². The largest absolute Gasteiger partial charge is 0.495 e. The zero-order valence-electron chi connectivity index (χ0n) is 23.0. The number of hydrogen-bond donors (Lipinski definition) is 0. The van der Waals surface area contributed by atoms with E-state index in [0.29, 0.717) is 29.0 Å². The number of methoxy groups -OCH3 is 1. The zero-order chi connectivity index (χ0) is 27.6. The number of benzene rings is 2. The predicted octanol–water partition coefficient (Wildman–Crippen LogP) is 5.07. The van der Waals surface area contributed by atoms with Gasteiger partial charge in [0.15, 0.2) is 15.6 Å². The van der Waals surface area contributed by atoms with Crippen LogP contribution in [0.1, 0.15) is 61.1 Å². The highest BCUT2D eigenvalue weighted by Gasteiger charge is 2.39. The molecule has 2 aliphatic heterocycles. The van der Waals surface area contributed by atoms with Gasteiger partial charge >= 0.3 is 0 Å². The van der Waals surface area contributed by atoms with Crippen molar-refractivity contribution in [3.05, 3.63) is 59.3 Å². The van der Waals surface area contributed by atoms with Crippen molar-refractivity contribution in [2.75, 3.05) is 33.4 Å². The highest BCUT2D eigenvalue weighted by atomic mass is 32.2. The van der Waals surface area contributed by atoms with Gasteiger partial charge in [0.1, 0.15) is 16.3 Å². The minimum absolute atomic E-state index is 0.0774. The number of carbonyl (C=O) groups is 1.